The SMILES string of the molecule is CCC(C)(C)C(C)(N)N.CCC(N)(N)C(C)(C)C. The molecular formula is C14H36N4. The van der Waals surface area contributed by atoms with Crippen LogP contribution in [-0.2, 0) is 0 Å². The molecule has 18 heavy (non-hydrogen) atoms. The number of hydrogen-bond donors (Lipinski definition) is 4. The van der Waals surface area contributed by atoms with Crippen LogP contribution in [0.4, 0.5) is 0 Å². The highest BCUT2D eigenvalue weighted by molar-refractivity contribution is 4.88. The number of rotatable bonds is 3. The second-order valence-electron chi connectivity index (χ2n) is 7.16. The smallest absolute Gasteiger partial charge is 0.0683 e. The third kappa shape index (κ3) is 6.14. The predicted octanol–water partition coefficient (Wildman–Crippen LogP) is 2.11. The predicted molar refractivity (Wildman–Crippen MR) is 81.7 cm³/mol. The molecule has 112 valence electrons. The van der Waals surface area contributed by atoms with Crippen LogP contribution in [0.1, 0.15) is 68.2 Å². The molecule has 4 nitrogen and oxygen atoms in total. The maximum atomic E-state index is 5.77. The van der Waals surface area contributed by atoms with Gasteiger partial charge in [0.05, 0.1) is 11.3 Å². The molecule has 0 radical (unpaired) electrons. The Morgan fingerprint density at radius 3 is 1.00 bits per heavy atom. The molecule has 0 spiro atoms. The zero-order chi connectivity index (χ0) is 15.4. The van der Waals surface area contributed by atoms with Crippen molar-refractivity contribution in [2.75, 3.05) is 0 Å². The summed E-state index contributed by atoms with van der Waals surface area (Å²) in [5.74, 6) is 0. The van der Waals surface area contributed by atoms with E-state index in [1.165, 1.54) is 0 Å². The lowest BCUT2D eigenvalue weighted by Crippen LogP contribution is -2.58. The van der Waals surface area contributed by atoms with Crippen LogP contribution in [0.2, 0.25) is 0 Å². The van der Waals surface area contributed by atoms with E-state index >= 15 is 0 Å². The summed E-state index contributed by atoms with van der Waals surface area (Å²) in [5, 5.41) is 0. The van der Waals surface area contributed by atoms with Crippen LogP contribution in [-0.4, -0.2) is 11.3 Å². The van der Waals surface area contributed by atoms with E-state index in [1.807, 2.05) is 13.8 Å². The zero-order valence-electron chi connectivity index (χ0n) is 13.7. The van der Waals surface area contributed by atoms with E-state index in [9.17, 15) is 0 Å². The minimum Gasteiger partial charge on any atom is -0.313 e. The summed E-state index contributed by atoms with van der Waals surface area (Å²) in [5.41, 5.74) is 21.9. The molecule has 0 aliphatic rings. The maximum Gasteiger partial charge on any atom is 0.0683 e. The van der Waals surface area contributed by atoms with Crippen LogP contribution < -0.4 is 22.9 Å². The van der Waals surface area contributed by atoms with Gasteiger partial charge < -0.3 is 22.9 Å². The zero-order valence-corrected chi connectivity index (χ0v) is 13.7. The topological polar surface area (TPSA) is 104 Å². The summed E-state index contributed by atoms with van der Waals surface area (Å²) in [4.78, 5) is 0. The Kier molecular flexibility index (Phi) is 7.09. The van der Waals surface area contributed by atoms with Crippen molar-refractivity contribution >= 4 is 0 Å². The molecule has 0 aromatic carbocycles. The molecule has 0 unspecified atom stereocenters. The first-order chi connectivity index (χ1) is 7.62. The highest BCUT2D eigenvalue weighted by atomic mass is 15.0. The van der Waals surface area contributed by atoms with Crippen molar-refractivity contribution in [3.8, 4) is 0 Å². The van der Waals surface area contributed by atoms with E-state index < -0.39 is 11.3 Å². The first-order valence-corrected chi connectivity index (χ1v) is 6.78. The standard InChI is InChI=1S/2C7H18N2/c1-5-6(2,3)7(4,8)9;1-5-7(8,9)6(2,3)4/h2*5,8-9H2,1-4H3. The Labute approximate surface area is 114 Å². The lowest BCUT2D eigenvalue weighted by molar-refractivity contribution is 0.182. The normalized spacial score (nSPS) is 14.0. The molecule has 0 aliphatic heterocycles. The van der Waals surface area contributed by atoms with Crippen molar-refractivity contribution in [1.29, 1.82) is 0 Å². The highest BCUT2D eigenvalue weighted by Gasteiger charge is 2.32. The minimum atomic E-state index is -0.554. The molecular weight excluding hydrogens is 224 g/mol. The Morgan fingerprint density at radius 2 is 1.00 bits per heavy atom. The van der Waals surface area contributed by atoms with Gasteiger partial charge >= 0.3 is 0 Å². The molecule has 0 aromatic heterocycles. The van der Waals surface area contributed by atoms with Crippen molar-refractivity contribution in [2.45, 2.75) is 79.6 Å². The molecule has 0 rings (SSSR count). The van der Waals surface area contributed by atoms with Gasteiger partial charge in [0.15, 0.2) is 0 Å². The second-order valence-corrected chi connectivity index (χ2v) is 7.16. The first kappa shape index (κ1) is 20.2. The van der Waals surface area contributed by atoms with E-state index in [0.29, 0.717) is 0 Å². The van der Waals surface area contributed by atoms with Crippen LogP contribution in [0.3, 0.4) is 0 Å². The summed E-state index contributed by atoms with van der Waals surface area (Å²) in [6, 6.07) is 0. The van der Waals surface area contributed by atoms with E-state index in [-0.39, 0.29) is 10.8 Å². The summed E-state index contributed by atoms with van der Waals surface area (Å²) in [7, 11) is 0. The van der Waals surface area contributed by atoms with Crippen LogP contribution in [0, 0.1) is 10.8 Å². The van der Waals surface area contributed by atoms with Gasteiger partial charge in [-0.05, 0) is 30.6 Å². The molecule has 8 N–H and O–H groups in total. The summed E-state index contributed by atoms with van der Waals surface area (Å²) < 4.78 is 0. The highest BCUT2D eigenvalue weighted by Crippen LogP contribution is 2.27. The lowest BCUT2D eigenvalue weighted by Gasteiger charge is -2.37. The number of nitrogens with two attached hydrogens (primary N) is 4. The molecule has 0 amide bonds. The van der Waals surface area contributed by atoms with E-state index in [4.69, 9.17) is 22.9 Å². The fraction of sp³-hybridized carbons (Fsp3) is 1.00. The summed E-state index contributed by atoms with van der Waals surface area (Å²) >= 11 is 0. The van der Waals surface area contributed by atoms with E-state index in [2.05, 4.69) is 41.5 Å². The maximum absolute atomic E-state index is 5.77. The van der Waals surface area contributed by atoms with Gasteiger partial charge in [-0.2, -0.15) is 0 Å². The van der Waals surface area contributed by atoms with Crippen LogP contribution in [0.5, 0.6) is 0 Å². The third-order valence-corrected chi connectivity index (χ3v) is 4.32. The fourth-order valence-electron chi connectivity index (χ4n) is 0.911. The van der Waals surface area contributed by atoms with Gasteiger partial charge in [0, 0.05) is 0 Å². The van der Waals surface area contributed by atoms with Gasteiger partial charge in [0.25, 0.3) is 0 Å². The van der Waals surface area contributed by atoms with Gasteiger partial charge in [-0.15, -0.1) is 0 Å². The molecule has 0 saturated heterocycles. The molecule has 0 atom stereocenters. The van der Waals surface area contributed by atoms with Gasteiger partial charge in [-0.1, -0.05) is 48.5 Å². The summed E-state index contributed by atoms with van der Waals surface area (Å²) in [6.07, 6.45) is 1.83. The van der Waals surface area contributed by atoms with E-state index in [0.717, 1.165) is 12.8 Å². The average molecular weight is 260 g/mol. The molecule has 0 bridgehead atoms. The van der Waals surface area contributed by atoms with Crippen LogP contribution >= 0.6 is 0 Å². The molecule has 4 heteroatoms. The lowest BCUT2D eigenvalue weighted by atomic mass is 9.79. The first-order valence-electron chi connectivity index (χ1n) is 6.78. The number of hydrogen-bond acceptors (Lipinski definition) is 4. The minimum absolute atomic E-state index is 0.00174. The quantitative estimate of drug-likeness (QED) is 0.583. The van der Waals surface area contributed by atoms with E-state index in [1.54, 1.807) is 0 Å². The van der Waals surface area contributed by atoms with Gasteiger partial charge in [0.2, 0.25) is 0 Å². The molecule has 0 saturated carbocycles. The second kappa shape index (κ2) is 6.33. The largest absolute Gasteiger partial charge is 0.313 e. The monoisotopic (exact) mass is 260 g/mol. The van der Waals surface area contributed by atoms with Crippen LogP contribution in [0.15, 0.2) is 0 Å². The molecule has 0 fully saturated rings. The Morgan fingerprint density at radius 1 is 0.667 bits per heavy atom. The van der Waals surface area contributed by atoms with Gasteiger partial charge in [-0.25, -0.2) is 0 Å². The Hall–Kier alpha value is -0.160. The molecule has 0 aliphatic carbocycles. The van der Waals surface area contributed by atoms with Crippen molar-refractivity contribution in [3.05, 3.63) is 0 Å². The molecule has 0 aromatic rings. The average Bonchev–Trinajstić information content (AvgIpc) is 2.15. The fourth-order valence-corrected chi connectivity index (χ4v) is 0.911. The molecule has 0 heterocycles. The van der Waals surface area contributed by atoms with Crippen molar-refractivity contribution in [2.24, 2.45) is 33.8 Å². The van der Waals surface area contributed by atoms with Gasteiger partial charge in [-0.3, -0.25) is 0 Å². The van der Waals surface area contributed by atoms with Crippen molar-refractivity contribution in [3.63, 3.8) is 0 Å². The van der Waals surface area contributed by atoms with Crippen LogP contribution in [0.25, 0.3) is 0 Å². The van der Waals surface area contributed by atoms with Crippen molar-refractivity contribution < 1.29 is 0 Å². The van der Waals surface area contributed by atoms with Gasteiger partial charge in [0.1, 0.15) is 0 Å². The third-order valence-electron chi connectivity index (χ3n) is 4.32. The Balaban J connectivity index is 0. The van der Waals surface area contributed by atoms with Crippen molar-refractivity contribution in [1.82, 2.24) is 0 Å². The summed E-state index contributed by atoms with van der Waals surface area (Å²) in [6.45, 7) is 16.3. The Bertz CT molecular complexity index is 205.